The molecule has 0 aromatic carbocycles. The number of nitrogen functional groups attached to an aromatic ring is 1. The molecule has 1 amide bonds. The van der Waals surface area contributed by atoms with E-state index < -0.39 is 11.9 Å². The molecule has 0 radical (unpaired) electrons. The van der Waals surface area contributed by atoms with Crippen LogP contribution >= 0.6 is 11.3 Å². The molecule has 7 nitrogen and oxygen atoms in total. The zero-order chi connectivity index (χ0) is 15.1. The van der Waals surface area contributed by atoms with Gasteiger partial charge in [0.15, 0.2) is 0 Å². The van der Waals surface area contributed by atoms with E-state index in [1.807, 2.05) is 6.92 Å². The number of carbonyl (C=O) groups is 2. The molecular formula is C12H19N3O4S. The quantitative estimate of drug-likeness (QED) is 0.488. The second kappa shape index (κ2) is 7.71. The number of nitrogens with two attached hydrogens (primary N) is 2. The van der Waals surface area contributed by atoms with Crippen LogP contribution in [0.25, 0.3) is 0 Å². The minimum Gasteiger partial charge on any atom is -0.465 e. The zero-order valence-corrected chi connectivity index (χ0v) is 12.3. The van der Waals surface area contributed by atoms with Crippen molar-refractivity contribution in [1.82, 2.24) is 0 Å². The minimum absolute atomic E-state index is 0.0571. The highest BCUT2D eigenvalue weighted by Gasteiger charge is 2.24. The van der Waals surface area contributed by atoms with Crippen molar-refractivity contribution in [1.29, 1.82) is 0 Å². The van der Waals surface area contributed by atoms with Gasteiger partial charge in [-0.05, 0) is 13.3 Å². The number of esters is 1. The molecule has 20 heavy (non-hydrogen) atoms. The molecule has 1 aromatic heterocycles. The maximum atomic E-state index is 11.5. The molecule has 0 atom stereocenters. The summed E-state index contributed by atoms with van der Waals surface area (Å²) in [6, 6.07) is 0. The van der Waals surface area contributed by atoms with Crippen LogP contribution in [0.4, 0.5) is 10.7 Å². The lowest BCUT2D eigenvalue weighted by atomic mass is 10.2. The van der Waals surface area contributed by atoms with Gasteiger partial charge in [0.1, 0.15) is 9.88 Å². The number of nitrogens with one attached hydrogen (secondary N) is 1. The summed E-state index contributed by atoms with van der Waals surface area (Å²) in [5.74, 6) is -1.27. The number of hydrogen-bond acceptors (Lipinski definition) is 7. The lowest BCUT2D eigenvalue weighted by Crippen LogP contribution is -2.16. The third-order valence-electron chi connectivity index (χ3n) is 2.52. The fraction of sp³-hybridized carbons (Fsp3) is 0.500. The Balaban J connectivity index is 2.83. The average molecular weight is 301 g/mol. The number of ether oxygens (including phenoxy) is 2. The summed E-state index contributed by atoms with van der Waals surface area (Å²) in [6.45, 7) is 3.77. The first-order valence-corrected chi connectivity index (χ1v) is 6.96. The number of primary amides is 1. The van der Waals surface area contributed by atoms with Crippen molar-refractivity contribution < 1.29 is 19.1 Å². The first-order chi connectivity index (χ1) is 9.52. The topological polar surface area (TPSA) is 117 Å². The van der Waals surface area contributed by atoms with Gasteiger partial charge in [-0.1, -0.05) is 0 Å². The predicted molar refractivity (Wildman–Crippen MR) is 78.2 cm³/mol. The minimum atomic E-state index is -0.679. The van der Waals surface area contributed by atoms with Gasteiger partial charge in [0.2, 0.25) is 0 Å². The normalized spacial score (nSPS) is 10.3. The molecule has 0 spiro atoms. The molecule has 0 saturated heterocycles. The van der Waals surface area contributed by atoms with E-state index in [-0.39, 0.29) is 16.1 Å². The van der Waals surface area contributed by atoms with E-state index in [2.05, 4.69) is 10.1 Å². The van der Waals surface area contributed by atoms with Gasteiger partial charge < -0.3 is 26.3 Å². The molecule has 0 aliphatic rings. The molecule has 0 aliphatic carbocycles. The van der Waals surface area contributed by atoms with Crippen molar-refractivity contribution >= 4 is 33.9 Å². The Hall–Kier alpha value is -1.80. The van der Waals surface area contributed by atoms with Crippen molar-refractivity contribution in [3.8, 4) is 0 Å². The molecule has 112 valence electrons. The monoisotopic (exact) mass is 301 g/mol. The second-order valence-electron chi connectivity index (χ2n) is 3.88. The standard InChI is InChI=1S/C12H19N3O4S/c1-3-19-6-4-5-15-11-7(10(14)16)8(13)9(20-11)12(17)18-2/h15H,3-6,13H2,1-2H3,(H2,14,16). The van der Waals surface area contributed by atoms with E-state index in [4.69, 9.17) is 16.2 Å². The smallest absolute Gasteiger partial charge is 0.350 e. The van der Waals surface area contributed by atoms with Gasteiger partial charge >= 0.3 is 5.97 Å². The third kappa shape index (κ3) is 3.84. The van der Waals surface area contributed by atoms with Gasteiger partial charge in [-0.15, -0.1) is 11.3 Å². The van der Waals surface area contributed by atoms with E-state index in [0.717, 1.165) is 17.8 Å². The number of methoxy groups -OCH3 is 1. The largest absolute Gasteiger partial charge is 0.465 e. The molecule has 0 unspecified atom stereocenters. The Morgan fingerprint density at radius 2 is 2.10 bits per heavy atom. The molecule has 0 saturated carbocycles. The Morgan fingerprint density at radius 1 is 1.40 bits per heavy atom. The van der Waals surface area contributed by atoms with Crippen LogP contribution in [0.5, 0.6) is 0 Å². The molecule has 0 aliphatic heterocycles. The highest BCUT2D eigenvalue weighted by molar-refractivity contribution is 7.19. The summed E-state index contributed by atoms with van der Waals surface area (Å²) >= 11 is 1.06. The molecule has 8 heteroatoms. The Kier molecular flexibility index (Phi) is 6.26. The number of hydrogen-bond donors (Lipinski definition) is 3. The number of carbonyl (C=O) groups excluding carboxylic acids is 2. The SMILES string of the molecule is CCOCCCNc1sc(C(=O)OC)c(N)c1C(N)=O. The molecule has 1 heterocycles. The Labute approximate surface area is 121 Å². The van der Waals surface area contributed by atoms with Gasteiger partial charge in [0.25, 0.3) is 5.91 Å². The summed E-state index contributed by atoms with van der Waals surface area (Å²) in [7, 11) is 1.25. The fourth-order valence-corrected chi connectivity index (χ4v) is 2.65. The Bertz CT molecular complexity index is 487. The van der Waals surface area contributed by atoms with E-state index in [0.29, 0.717) is 24.8 Å². The summed E-state index contributed by atoms with van der Waals surface area (Å²) in [5, 5.41) is 3.52. The van der Waals surface area contributed by atoms with Gasteiger partial charge in [0.05, 0.1) is 18.4 Å². The Morgan fingerprint density at radius 3 is 2.65 bits per heavy atom. The number of thiophene rings is 1. The first-order valence-electron chi connectivity index (χ1n) is 6.14. The van der Waals surface area contributed by atoms with Crippen molar-refractivity contribution in [3.05, 3.63) is 10.4 Å². The summed E-state index contributed by atoms with van der Waals surface area (Å²) in [4.78, 5) is 23.2. The highest BCUT2D eigenvalue weighted by Crippen LogP contribution is 2.35. The molecule has 5 N–H and O–H groups in total. The maximum absolute atomic E-state index is 11.5. The maximum Gasteiger partial charge on any atom is 0.350 e. The van der Waals surface area contributed by atoms with Gasteiger partial charge in [-0.25, -0.2) is 4.79 Å². The predicted octanol–water partition coefficient (Wildman–Crippen LogP) is 1.05. The summed E-state index contributed by atoms with van der Waals surface area (Å²) in [6.07, 6.45) is 0.761. The van der Waals surface area contributed by atoms with E-state index >= 15 is 0 Å². The van der Waals surface area contributed by atoms with E-state index in [1.54, 1.807) is 0 Å². The second-order valence-corrected chi connectivity index (χ2v) is 4.90. The van der Waals surface area contributed by atoms with Crippen LogP contribution in [-0.2, 0) is 9.47 Å². The van der Waals surface area contributed by atoms with E-state index in [9.17, 15) is 9.59 Å². The first kappa shape index (κ1) is 16.3. The average Bonchev–Trinajstić information content (AvgIpc) is 2.74. The summed E-state index contributed by atoms with van der Waals surface area (Å²) in [5.41, 5.74) is 11.3. The number of anilines is 2. The zero-order valence-electron chi connectivity index (χ0n) is 11.5. The van der Waals surface area contributed by atoms with Crippen molar-refractivity contribution in [2.24, 2.45) is 5.73 Å². The van der Waals surface area contributed by atoms with E-state index in [1.165, 1.54) is 7.11 Å². The highest BCUT2D eigenvalue weighted by atomic mass is 32.1. The summed E-state index contributed by atoms with van der Waals surface area (Å²) < 4.78 is 9.82. The molecule has 1 aromatic rings. The van der Waals surface area contributed by atoms with Crippen LogP contribution < -0.4 is 16.8 Å². The molecule has 1 rings (SSSR count). The van der Waals surface area contributed by atoms with Crippen LogP contribution in [0.2, 0.25) is 0 Å². The van der Waals surface area contributed by atoms with Crippen molar-refractivity contribution in [2.75, 3.05) is 37.9 Å². The lowest BCUT2D eigenvalue weighted by Gasteiger charge is -2.05. The van der Waals surface area contributed by atoms with Gasteiger partial charge in [0, 0.05) is 19.8 Å². The van der Waals surface area contributed by atoms with Crippen LogP contribution in [-0.4, -0.2) is 38.7 Å². The van der Waals surface area contributed by atoms with Gasteiger partial charge in [-0.2, -0.15) is 0 Å². The third-order valence-corrected chi connectivity index (χ3v) is 3.66. The molecular weight excluding hydrogens is 282 g/mol. The van der Waals surface area contributed by atoms with Crippen molar-refractivity contribution in [3.63, 3.8) is 0 Å². The van der Waals surface area contributed by atoms with Crippen molar-refractivity contribution in [2.45, 2.75) is 13.3 Å². The number of rotatable bonds is 8. The molecule has 0 bridgehead atoms. The molecule has 0 fully saturated rings. The van der Waals surface area contributed by atoms with Crippen LogP contribution in [0.3, 0.4) is 0 Å². The van der Waals surface area contributed by atoms with Crippen LogP contribution in [0.15, 0.2) is 0 Å². The number of amides is 1. The van der Waals surface area contributed by atoms with Gasteiger partial charge in [-0.3, -0.25) is 4.79 Å². The lowest BCUT2D eigenvalue weighted by molar-refractivity contribution is 0.0607. The van der Waals surface area contributed by atoms with Crippen LogP contribution in [0, 0.1) is 0 Å². The van der Waals surface area contributed by atoms with Crippen LogP contribution in [0.1, 0.15) is 33.4 Å². The fourth-order valence-electron chi connectivity index (χ4n) is 1.58.